The van der Waals surface area contributed by atoms with Crippen LogP contribution in [-0.2, 0) is 38.7 Å². The van der Waals surface area contributed by atoms with Crippen molar-refractivity contribution < 1.29 is 55.4 Å². The molecule has 0 spiro atoms. The van der Waals surface area contributed by atoms with E-state index in [9.17, 15) is 31.9 Å². The molecule has 0 aromatic heterocycles. The molecule has 0 radical (unpaired) electrons. The SMILES string of the molecule is CCC(O)(CC)C1C2OC3C(OC(=O)C31)C2OCC(=O)OC(C)C(F)(F)S(=O)(=O)O. The molecule has 3 saturated heterocycles. The first kappa shape index (κ1) is 23.3. The zero-order valence-corrected chi connectivity index (χ0v) is 17.3. The fourth-order valence-electron chi connectivity index (χ4n) is 4.55. The van der Waals surface area contributed by atoms with Crippen LogP contribution in [0.5, 0.6) is 0 Å². The molecule has 3 fully saturated rings. The van der Waals surface area contributed by atoms with Crippen LogP contribution in [0.4, 0.5) is 8.78 Å². The number of carbonyl (C=O) groups is 2. The second-order valence-electron chi connectivity index (χ2n) is 7.77. The second-order valence-corrected chi connectivity index (χ2v) is 9.27. The van der Waals surface area contributed by atoms with E-state index in [1.165, 1.54) is 0 Å². The van der Waals surface area contributed by atoms with Crippen molar-refractivity contribution in [2.24, 2.45) is 11.8 Å². The van der Waals surface area contributed by atoms with Gasteiger partial charge in [0.2, 0.25) is 0 Å². The lowest BCUT2D eigenvalue weighted by Crippen LogP contribution is -2.53. The summed E-state index contributed by atoms with van der Waals surface area (Å²) in [5.41, 5.74) is -1.23. The Hall–Kier alpha value is -1.41. The summed E-state index contributed by atoms with van der Waals surface area (Å²) in [7, 11) is -5.78. The molecule has 3 heterocycles. The van der Waals surface area contributed by atoms with Gasteiger partial charge in [0.25, 0.3) is 0 Å². The lowest BCUT2D eigenvalue weighted by Gasteiger charge is -2.39. The molecule has 2 bridgehead atoms. The van der Waals surface area contributed by atoms with Gasteiger partial charge in [-0.05, 0) is 19.8 Å². The van der Waals surface area contributed by atoms with Gasteiger partial charge >= 0.3 is 27.3 Å². The molecule has 3 aliphatic rings. The van der Waals surface area contributed by atoms with Gasteiger partial charge in [-0.25, -0.2) is 4.79 Å². The van der Waals surface area contributed by atoms with Crippen LogP contribution in [0.2, 0.25) is 0 Å². The van der Waals surface area contributed by atoms with Gasteiger partial charge in [-0.1, -0.05) is 13.8 Å². The first-order valence-corrected chi connectivity index (χ1v) is 11.0. The molecule has 7 unspecified atom stereocenters. The van der Waals surface area contributed by atoms with Crippen molar-refractivity contribution in [1.29, 1.82) is 0 Å². The third-order valence-corrected chi connectivity index (χ3v) is 7.29. The van der Waals surface area contributed by atoms with Crippen LogP contribution in [-0.4, -0.2) is 78.0 Å². The van der Waals surface area contributed by atoms with Crippen molar-refractivity contribution in [3.63, 3.8) is 0 Å². The van der Waals surface area contributed by atoms with E-state index in [0.717, 1.165) is 0 Å². The van der Waals surface area contributed by atoms with Crippen molar-refractivity contribution in [3.05, 3.63) is 0 Å². The normalized spacial score (nSPS) is 34.2. The Morgan fingerprint density at radius 2 is 1.83 bits per heavy atom. The van der Waals surface area contributed by atoms with E-state index in [2.05, 4.69) is 4.74 Å². The number of halogens is 2. The minimum Gasteiger partial charge on any atom is -0.456 e. The Bertz CT molecular complexity index is 811. The van der Waals surface area contributed by atoms with Crippen LogP contribution >= 0.6 is 0 Å². The molecule has 7 atom stereocenters. The minimum atomic E-state index is -5.78. The molecule has 0 aromatic carbocycles. The van der Waals surface area contributed by atoms with E-state index in [1.807, 2.05) is 0 Å². The van der Waals surface area contributed by atoms with Crippen LogP contribution in [0.3, 0.4) is 0 Å². The average Bonchev–Trinajstić information content (AvgIpc) is 3.27. The topological polar surface area (TPSA) is 146 Å². The van der Waals surface area contributed by atoms with Gasteiger partial charge in [-0.3, -0.25) is 9.35 Å². The summed E-state index contributed by atoms with van der Waals surface area (Å²) >= 11 is 0. The molecule has 0 aromatic rings. The molecule has 30 heavy (non-hydrogen) atoms. The summed E-state index contributed by atoms with van der Waals surface area (Å²) in [4.78, 5) is 24.2. The summed E-state index contributed by atoms with van der Waals surface area (Å²) in [5, 5.41) is 6.27. The first-order chi connectivity index (χ1) is 13.8. The standard InChI is InChI=1S/C17H24F2O10S/c1-4-16(22,5-2)10-9-11-14(29-15(9)21)13(12(10)28-11)26-6-8(20)27-7(3)17(18,19)30(23,24)25/h7,9-14,22H,4-6H2,1-3H3,(H,23,24,25). The Morgan fingerprint density at radius 3 is 2.37 bits per heavy atom. The summed E-state index contributed by atoms with van der Waals surface area (Å²) < 4.78 is 78.0. The Balaban J connectivity index is 1.68. The van der Waals surface area contributed by atoms with E-state index in [1.54, 1.807) is 13.8 Å². The fraction of sp³-hybridized carbons (Fsp3) is 0.882. The van der Waals surface area contributed by atoms with E-state index in [4.69, 9.17) is 18.8 Å². The van der Waals surface area contributed by atoms with Crippen molar-refractivity contribution in [3.8, 4) is 0 Å². The highest BCUT2D eigenvalue weighted by Crippen LogP contribution is 2.55. The number of aliphatic hydroxyl groups is 1. The zero-order chi connectivity index (χ0) is 22.6. The average molecular weight is 458 g/mol. The van der Waals surface area contributed by atoms with E-state index in [0.29, 0.717) is 19.8 Å². The number of esters is 2. The quantitative estimate of drug-likeness (QED) is 0.365. The monoisotopic (exact) mass is 458 g/mol. The van der Waals surface area contributed by atoms with Crippen molar-refractivity contribution >= 4 is 22.1 Å². The summed E-state index contributed by atoms with van der Waals surface area (Å²) in [6, 6.07) is 0. The molecule has 2 N–H and O–H groups in total. The number of hydrogen-bond acceptors (Lipinski definition) is 9. The smallest absolute Gasteiger partial charge is 0.405 e. The predicted molar refractivity (Wildman–Crippen MR) is 92.8 cm³/mol. The maximum Gasteiger partial charge on any atom is 0.405 e. The third kappa shape index (κ3) is 3.49. The molecule has 0 saturated carbocycles. The summed E-state index contributed by atoms with van der Waals surface area (Å²) in [5.74, 6) is -3.14. The highest BCUT2D eigenvalue weighted by Gasteiger charge is 2.72. The Kier molecular flexibility index (Phi) is 5.91. The maximum atomic E-state index is 13.5. The second kappa shape index (κ2) is 7.62. The van der Waals surface area contributed by atoms with Crippen LogP contribution in [0.15, 0.2) is 0 Å². The molecule has 172 valence electrons. The molecular weight excluding hydrogens is 434 g/mol. The molecule has 0 amide bonds. The molecule has 3 aliphatic heterocycles. The van der Waals surface area contributed by atoms with Gasteiger partial charge in [0.05, 0.1) is 17.6 Å². The van der Waals surface area contributed by atoms with Crippen molar-refractivity contribution in [2.45, 2.75) is 75.0 Å². The number of carbonyl (C=O) groups excluding carboxylic acids is 2. The van der Waals surface area contributed by atoms with Gasteiger partial charge < -0.3 is 24.1 Å². The minimum absolute atomic E-state index is 0.339. The zero-order valence-electron chi connectivity index (χ0n) is 16.5. The van der Waals surface area contributed by atoms with E-state index in [-0.39, 0.29) is 0 Å². The largest absolute Gasteiger partial charge is 0.456 e. The lowest BCUT2D eigenvalue weighted by atomic mass is 9.67. The van der Waals surface area contributed by atoms with Gasteiger partial charge in [-0.2, -0.15) is 17.2 Å². The van der Waals surface area contributed by atoms with Crippen molar-refractivity contribution in [1.82, 2.24) is 0 Å². The van der Waals surface area contributed by atoms with E-state index < -0.39 is 81.9 Å². The number of ether oxygens (including phenoxy) is 4. The van der Waals surface area contributed by atoms with Gasteiger partial charge in [-0.15, -0.1) is 0 Å². The predicted octanol–water partition coefficient (Wildman–Crippen LogP) is 0.274. The van der Waals surface area contributed by atoms with Crippen LogP contribution in [0.25, 0.3) is 0 Å². The molecule has 10 nitrogen and oxygen atoms in total. The third-order valence-electron chi connectivity index (χ3n) is 6.27. The van der Waals surface area contributed by atoms with Crippen molar-refractivity contribution in [2.75, 3.05) is 6.61 Å². The fourth-order valence-corrected chi connectivity index (χ4v) is 5.02. The first-order valence-electron chi connectivity index (χ1n) is 9.52. The lowest BCUT2D eigenvalue weighted by molar-refractivity contribution is -0.171. The molecule has 13 heteroatoms. The van der Waals surface area contributed by atoms with Crippen LogP contribution < -0.4 is 0 Å². The van der Waals surface area contributed by atoms with Gasteiger partial charge in [0.15, 0.2) is 12.2 Å². The molecule has 3 rings (SSSR count). The number of rotatable bonds is 9. The Labute approximate surface area is 171 Å². The maximum absolute atomic E-state index is 13.5. The van der Waals surface area contributed by atoms with E-state index >= 15 is 0 Å². The van der Waals surface area contributed by atoms with Crippen LogP contribution in [0, 0.1) is 11.8 Å². The van der Waals surface area contributed by atoms with Gasteiger partial charge in [0, 0.05) is 5.92 Å². The van der Waals surface area contributed by atoms with Crippen LogP contribution in [0.1, 0.15) is 33.6 Å². The number of fused-ring (bicyclic) bond motifs is 1. The molecule has 0 aliphatic carbocycles. The Morgan fingerprint density at radius 1 is 1.23 bits per heavy atom. The number of hydrogen-bond donors (Lipinski definition) is 2. The van der Waals surface area contributed by atoms with Gasteiger partial charge in [0.1, 0.15) is 18.8 Å². The summed E-state index contributed by atoms with van der Waals surface area (Å²) in [6.07, 6.45) is -4.94. The highest BCUT2D eigenvalue weighted by molar-refractivity contribution is 7.86. The number of alkyl halides is 2. The summed E-state index contributed by atoms with van der Waals surface area (Å²) in [6.45, 7) is 3.27. The highest BCUT2D eigenvalue weighted by atomic mass is 32.2. The molecular formula is C17H24F2O10S.